The Bertz CT molecular complexity index is 670. The number of halogens is 5. The summed E-state index contributed by atoms with van der Waals surface area (Å²) in [5.41, 5.74) is 1.17. The molecule has 1 unspecified atom stereocenters. The van der Waals surface area contributed by atoms with E-state index in [-0.39, 0.29) is 0 Å². The fourth-order valence-electron chi connectivity index (χ4n) is 1.75. The Morgan fingerprint density at radius 1 is 1.25 bits per heavy atom. The zero-order chi connectivity index (χ0) is 14.9. The Morgan fingerprint density at radius 3 is 2.50 bits per heavy atom. The molecule has 0 spiro atoms. The number of nitrogens with zero attached hydrogens (tertiary/aromatic N) is 2. The van der Waals surface area contributed by atoms with Crippen LogP contribution in [0.3, 0.4) is 0 Å². The third kappa shape index (κ3) is 3.44. The van der Waals surface area contributed by atoms with Crippen LogP contribution in [0.5, 0.6) is 0 Å². The molecule has 0 saturated carbocycles. The van der Waals surface area contributed by atoms with Gasteiger partial charge in [0.25, 0.3) is 0 Å². The zero-order valence-electron chi connectivity index (χ0n) is 9.83. The first-order valence-corrected chi connectivity index (χ1v) is 7.77. The van der Waals surface area contributed by atoms with E-state index in [1.54, 1.807) is 12.4 Å². The highest BCUT2D eigenvalue weighted by Gasteiger charge is 2.32. The lowest BCUT2D eigenvalue weighted by molar-refractivity contribution is 0.685. The lowest BCUT2D eigenvalue weighted by Gasteiger charge is -2.19. The van der Waals surface area contributed by atoms with Gasteiger partial charge in [-0.1, -0.05) is 74.5 Å². The highest BCUT2D eigenvalue weighted by molar-refractivity contribution is 9.10. The molecule has 0 aliphatic carbocycles. The molecule has 0 radical (unpaired) electrons. The number of hydrogen-bond donors (Lipinski definition) is 0. The predicted octanol–water partition coefficient (Wildman–Crippen LogP) is 5.90. The largest absolute Gasteiger partial charge is 0.332 e. The molecule has 1 aromatic heterocycles. The first kappa shape index (κ1) is 16.0. The van der Waals surface area contributed by atoms with Crippen molar-refractivity contribution in [1.29, 1.82) is 5.26 Å². The summed E-state index contributed by atoms with van der Waals surface area (Å²) >= 11 is 26.8. The topological polar surface area (TPSA) is 28.7 Å². The van der Waals surface area contributed by atoms with E-state index in [1.165, 1.54) is 4.57 Å². The molecule has 0 aliphatic heterocycles. The molecule has 0 fully saturated rings. The molecule has 0 saturated heterocycles. The van der Waals surface area contributed by atoms with Gasteiger partial charge in [-0.25, -0.2) is 0 Å². The molecule has 104 valence electrons. The number of rotatable bonds is 2. The normalized spacial score (nSPS) is 13.0. The Kier molecular flexibility index (Phi) is 4.94. The first-order chi connectivity index (χ1) is 9.32. The maximum Gasteiger partial charge on any atom is 0.224 e. The van der Waals surface area contributed by atoms with Crippen molar-refractivity contribution in [3.05, 3.63) is 46.7 Å². The molecule has 0 bridgehead atoms. The van der Waals surface area contributed by atoms with E-state index in [1.807, 2.05) is 24.3 Å². The number of aromatic nitrogens is 1. The summed E-state index contributed by atoms with van der Waals surface area (Å²) in [7, 11) is 0. The molecule has 0 aliphatic rings. The molecule has 2 aromatic rings. The van der Waals surface area contributed by atoms with Crippen molar-refractivity contribution < 1.29 is 0 Å². The average molecular weight is 413 g/mol. The van der Waals surface area contributed by atoms with Crippen LogP contribution >= 0.6 is 62.3 Å². The van der Waals surface area contributed by atoms with Crippen molar-refractivity contribution in [2.24, 2.45) is 0 Å². The first-order valence-electron chi connectivity index (χ1n) is 5.41. The smallest absolute Gasteiger partial charge is 0.224 e. The monoisotopic (exact) mass is 410 g/mol. The van der Waals surface area contributed by atoms with E-state index in [4.69, 9.17) is 46.4 Å². The van der Waals surface area contributed by atoms with Gasteiger partial charge in [-0.15, -0.1) is 0 Å². The molecule has 0 N–H and O–H groups in total. The predicted molar refractivity (Wildman–Crippen MR) is 87.5 cm³/mol. The summed E-state index contributed by atoms with van der Waals surface area (Å²) < 4.78 is 0.765. The number of hydrogen-bond acceptors (Lipinski definition) is 1. The Balaban J connectivity index is 2.51. The molecule has 1 aromatic carbocycles. The van der Waals surface area contributed by atoms with Gasteiger partial charge in [0, 0.05) is 22.4 Å². The summed E-state index contributed by atoms with van der Waals surface area (Å²) in [5.74, 6) is 0. The maximum atomic E-state index is 9.23. The van der Waals surface area contributed by atoms with E-state index in [0.717, 1.165) is 15.6 Å². The second-order valence-electron chi connectivity index (χ2n) is 4.03. The average Bonchev–Trinajstić information content (AvgIpc) is 2.80. The Labute approximate surface area is 144 Å². The quantitative estimate of drug-likeness (QED) is 0.565. The van der Waals surface area contributed by atoms with Crippen LogP contribution in [0.4, 0.5) is 0 Å². The minimum absolute atomic E-state index is 0.461. The molecule has 7 heteroatoms. The van der Waals surface area contributed by atoms with Crippen molar-refractivity contribution in [2.45, 2.75) is 9.29 Å². The van der Waals surface area contributed by atoms with Crippen LogP contribution < -0.4 is 0 Å². The molecular formula is C13H7BrCl4N2. The molecule has 1 heterocycles. The Hall–Kier alpha value is -0.370. The third-order valence-electron chi connectivity index (χ3n) is 2.63. The molecule has 0 amide bonds. The van der Waals surface area contributed by atoms with Crippen LogP contribution in [0.25, 0.3) is 11.1 Å². The van der Waals surface area contributed by atoms with Crippen LogP contribution in [0.1, 0.15) is 11.1 Å². The lowest BCUT2D eigenvalue weighted by atomic mass is 10.1. The van der Waals surface area contributed by atoms with Crippen molar-refractivity contribution in [2.75, 3.05) is 0 Å². The number of nitriles is 1. The van der Waals surface area contributed by atoms with Crippen molar-refractivity contribution in [3.63, 3.8) is 0 Å². The van der Waals surface area contributed by atoms with Gasteiger partial charge < -0.3 is 4.57 Å². The molecule has 2 nitrogen and oxygen atoms in total. The van der Waals surface area contributed by atoms with Crippen LogP contribution in [-0.2, 0) is 0 Å². The number of alkyl halides is 4. The third-order valence-corrected chi connectivity index (χ3v) is 4.64. The van der Waals surface area contributed by atoms with Gasteiger partial charge in [-0.3, -0.25) is 0 Å². The van der Waals surface area contributed by atoms with E-state index in [0.29, 0.717) is 5.56 Å². The van der Waals surface area contributed by atoms with E-state index >= 15 is 0 Å². The minimum atomic E-state index is -1.66. The molecular weight excluding hydrogens is 406 g/mol. The Morgan fingerprint density at radius 2 is 1.95 bits per heavy atom. The molecule has 20 heavy (non-hydrogen) atoms. The van der Waals surface area contributed by atoms with Gasteiger partial charge >= 0.3 is 0 Å². The summed E-state index contributed by atoms with van der Waals surface area (Å²) in [6, 6.07) is 9.69. The van der Waals surface area contributed by atoms with Crippen LogP contribution in [0.15, 0.2) is 41.1 Å². The van der Waals surface area contributed by atoms with Crippen LogP contribution in [0, 0.1) is 11.3 Å². The van der Waals surface area contributed by atoms with E-state index in [9.17, 15) is 5.26 Å². The van der Waals surface area contributed by atoms with Crippen molar-refractivity contribution in [3.8, 4) is 17.2 Å². The summed E-state index contributed by atoms with van der Waals surface area (Å²) in [5, 5.41) is 9.23. The highest BCUT2D eigenvalue weighted by atomic mass is 79.9. The van der Waals surface area contributed by atoms with Crippen molar-refractivity contribution >= 4 is 62.3 Å². The second kappa shape index (κ2) is 6.17. The van der Waals surface area contributed by atoms with Crippen LogP contribution in [-0.4, -0.2) is 8.36 Å². The summed E-state index contributed by atoms with van der Waals surface area (Å²) in [6.07, 6.45) is 3.26. The van der Waals surface area contributed by atoms with E-state index < -0.39 is 9.29 Å². The van der Waals surface area contributed by atoms with Crippen LogP contribution in [0.2, 0.25) is 0 Å². The molecule has 2 rings (SSSR count). The van der Waals surface area contributed by atoms with Gasteiger partial charge in [0.15, 0.2) is 5.50 Å². The zero-order valence-corrected chi connectivity index (χ0v) is 14.4. The van der Waals surface area contributed by atoms with Gasteiger partial charge in [0.1, 0.15) is 6.07 Å². The van der Waals surface area contributed by atoms with Crippen molar-refractivity contribution in [1.82, 2.24) is 4.57 Å². The van der Waals surface area contributed by atoms with E-state index in [2.05, 4.69) is 22.0 Å². The fraction of sp³-hybridized carbons (Fsp3) is 0.154. The summed E-state index contributed by atoms with van der Waals surface area (Å²) in [6.45, 7) is 0. The second-order valence-corrected chi connectivity index (χ2v) is 7.73. The maximum absolute atomic E-state index is 9.23. The standard InChI is InChI=1S/C13H7BrCl4N2/c14-10-3-1-2-8(4-10)11-7-20(6-9(11)5-19)12(15)13(16,17)18/h1-4,6-7,12H. The summed E-state index contributed by atoms with van der Waals surface area (Å²) in [4.78, 5) is 0. The highest BCUT2D eigenvalue weighted by Crippen LogP contribution is 2.42. The minimum Gasteiger partial charge on any atom is -0.332 e. The van der Waals surface area contributed by atoms with Gasteiger partial charge in [0.2, 0.25) is 3.79 Å². The lowest BCUT2D eigenvalue weighted by Crippen LogP contribution is -2.16. The number of benzene rings is 1. The van der Waals surface area contributed by atoms with Gasteiger partial charge in [-0.2, -0.15) is 5.26 Å². The fourth-order valence-corrected chi connectivity index (χ4v) is 2.60. The van der Waals surface area contributed by atoms with Gasteiger partial charge in [0.05, 0.1) is 5.56 Å². The van der Waals surface area contributed by atoms with Gasteiger partial charge in [-0.05, 0) is 17.7 Å². The molecule has 1 atom stereocenters. The SMILES string of the molecule is N#Cc1cn(C(Cl)C(Cl)(Cl)Cl)cc1-c1cccc(Br)c1.